The normalized spacial score (nSPS) is 17.2. The Labute approximate surface area is 86.1 Å². The van der Waals surface area contributed by atoms with Gasteiger partial charge in [0, 0.05) is 31.7 Å². The maximum absolute atomic E-state index is 5.63. The number of halogens is 1. The van der Waals surface area contributed by atoms with Crippen molar-refractivity contribution in [2.24, 2.45) is 0 Å². The van der Waals surface area contributed by atoms with Crippen LogP contribution in [-0.4, -0.2) is 35.5 Å². The lowest BCUT2D eigenvalue weighted by Gasteiger charge is -2.28. The van der Waals surface area contributed by atoms with Gasteiger partial charge in [0.25, 0.3) is 0 Å². The summed E-state index contributed by atoms with van der Waals surface area (Å²) < 4.78 is 0. The summed E-state index contributed by atoms with van der Waals surface area (Å²) in [5.74, 6) is 0.783. The molecule has 2 nitrogen and oxygen atoms in total. The van der Waals surface area contributed by atoms with Gasteiger partial charge < -0.3 is 5.01 Å². The summed E-state index contributed by atoms with van der Waals surface area (Å²) in [5, 5.41) is 4.70. The van der Waals surface area contributed by atoms with E-state index in [1.807, 2.05) is 0 Å². The average Bonchev–Trinajstić information content (AvgIpc) is 2.54. The van der Waals surface area contributed by atoms with Gasteiger partial charge in [0.1, 0.15) is 0 Å². The van der Waals surface area contributed by atoms with Crippen molar-refractivity contribution < 1.29 is 0 Å². The SMILES string of the molecule is CCCN1CC=CN1CCCCCl. The number of nitrogens with zero attached hydrogens (tertiary/aromatic N) is 2. The van der Waals surface area contributed by atoms with Crippen LogP contribution in [0.2, 0.25) is 0 Å². The highest BCUT2D eigenvalue weighted by atomic mass is 35.5. The zero-order valence-electron chi connectivity index (χ0n) is 8.38. The Kier molecular flexibility index (Phi) is 5.25. The molecule has 0 saturated carbocycles. The van der Waals surface area contributed by atoms with Gasteiger partial charge in [-0.15, -0.1) is 11.6 Å². The summed E-state index contributed by atoms with van der Waals surface area (Å²) in [7, 11) is 0. The van der Waals surface area contributed by atoms with Crippen LogP contribution in [0.4, 0.5) is 0 Å². The molecule has 3 heteroatoms. The number of hydrogen-bond donors (Lipinski definition) is 0. The van der Waals surface area contributed by atoms with Gasteiger partial charge in [0.15, 0.2) is 0 Å². The van der Waals surface area contributed by atoms with Crippen molar-refractivity contribution in [2.75, 3.05) is 25.5 Å². The highest BCUT2D eigenvalue weighted by Crippen LogP contribution is 2.09. The van der Waals surface area contributed by atoms with Crippen LogP contribution in [0.3, 0.4) is 0 Å². The van der Waals surface area contributed by atoms with Gasteiger partial charge in [-0.05, 0) is 19.3 Å². The van der Waals surface area contributed by atoms with E-state index in [-0.39, 0.29) is 0 Å². The average molecular weight is 203 g/mol. The molecule has 0 aromatic rings. The van der Waals surface area contributed by atoms with Crippen LogP contribution >= 0.6 is 11.6 Å². The predicted octanol–water partition coefficient (Wildman–Crippen LogP) is 2.46. The van der Waals surface area contributed by atoms with Gasteiger partial charge in [-0.1, -0.05) is 13.0 Å². The molecular formula is C10H19ClN2. The van der Waals surface area contributed by atoms with Gasteiger partial charge in [0.05, 0.1) is 0 Å². The largest absolute Gasteiger partial charge is 0.313 e. The number of hydrazine groups is 1. The lowest BCUT2D eigenvalue weighted by Crippen LogP contribution is -2.36. The van der Waals surface area contributed by atoms with Crippen molar-refractivity contribution >= 4 is 11.6 Å². The second-order valence-corrected chi connectivity index (χ2v) is 3.73. The van der Waals surface area contributed by atoms with Crippen molar-refractivity contribution in [3.05, 3.63) is 12.3 Å². The van der Waals surface area contributed by atoms with Crippen LogP contribution in [-0.2, 0) is 0 Å². The van der Waals surface area contributed by atoms with Crippen LogP contribution in [0.15, 0.2) is 12.3 Å². The molecule has 0 aromatic heterocycles. The highest BCUT2D eigenvalue weighted by Gasteiger charge is 2.13. The molecule has 1 rings (SSSR count). The Hall–Kier alpha value is -0.210. The molecule has 0 aromatic carbocycles. The number of rotatable bonds is 6. The molecule has 0 saturated heterocycles. The van der Waals surface area contributed by atoms with E-state index in [0.29, 0.717) is 0 Å². The van der Waals surface area contributed by atoms with Crippen molar-refractivity contribution in [1.82, 2.24) is 10.0 Å². The minimum Gasteiger partial charge on any atom is -0.313 e. The second kappa shape index (κ2) is 6.28. The summed E-state index contributed by atoms with van der Waals surface area (Å²) in [5.41, 5.74) is 0. The molecule has 1 aliphatic rings. The van der Waals surface area contributed by atoms with Crippen molar-refractivity contribution in [2.45, 2.75) is 26.2 Å². The molecule has 0 aliphatic carbocycles. The first-order valence-corrected chi connectivity index (χ1v) is 5.66. The molecule has 0 N–H and O–H groups in total. The number of unbranched alkanes of at least 4 members (excludes halogenated alkanes) is 1. The molecule has 13 heavy (non-hydrogen) atoms. The minimum absolute atomic E-state index is 0.783. The quantitative estimate of drug-likeness (QED) is 0.482. The molecule has 0 amide bonds. The molecule has 0 atom stereocenters. The van der Waals surface area contributed by atoms with Crippen LogP contribution in [0.5, 0.6) is 0 Å². The van der Waals surface area contributed by atoms with Crippen LogP contribution in [0, 0.1) is 0 Å². The molecule has 1 heterocycles. The Balaban J connectivity index is 2.18. The third-order valence-corrected chi connectivity index (χ3v) is 2.48. The lowest BCUT2D eigenvalue weighted by molar-refractivity contribution is 0.0509. The smallest absolute Gasteiger partial charge is 0.0379 e. The van der Waals surface area contributed by atoms with Crippen molar-refractivity contribution in [3.8, 4) is 0 Å². The van der Waals surface area contributed by atoms with Gasteiger partial charge in [-0.2, -0.15) is 0 Å². The maximum Gasteiger partial charge on any atom is 0.0379 e. The minimum atomic E-state index is 0.783. The molecule has 0 unspecified atom stereocenters. The first-order chi connectivity index (χ1) is 6.38. The van der Waals surface area contributed by atoms with E-state index in [1.165, 1.54) is 12.8 Å². The van der Waals surface area contributed by atoms with Crippen molar-refractivity contribution in [3.63, 3.8) is 0 Å². The molecule has 0 fully saturated rings. The predicted molar refractivity (Wildman–Crippen MR) is 57.7 cm³/mol. The number of alkyl halides is 1. The monoisotopic (exact) mass is 202 g/mol. The molecule has 1 aliphatic heterocycles. The summed E-state index contributed by atoms with van der Waals surface area (Å²) in [4.78, 5) is 0. The standard InChI is InChI=1S/C10H19ClN2/c1-2-7-12-9-5-10-13(12)8-4-3-6-11/h5,10H,2-4,6-9H2,1H3. The molecule has 76 valence electrons. The molecule has 0 spiro atoms. The third-order valence-electron chi connectivity index (χ3n) is 2.21. The van der Waals surface area contributed by atoms with E-state index >= 15 is 0 Å². The van der Waals surface area contributed by atoms with E-state index in [4.69, 9.17) is 11.6 Å². The molecule has 0 bridgehead atoms. The van der Waals surface area contributed by atoms with E-state index in [9.17, 15) is 0 Å². The Morgan fingerprint density at radius 3 is 2.85 bits per heavy atom. The summed E-state index contributed by atoms with van der Waals surface area (Å²) >= 11 is 5.63. The molecule has 0 radical (unpaired) electrons. The summed E-state index contributed by atoms with van der Waals surface area (Å²) in [6.07, 6.45) is 7.92. The van der Waals surface area contributed by atoms with Gasteiger partial charge >= 0.3 is 0 Å². The van der Waals surface area contributed by atoms with E-state index in [2.05, 4.69) is 29.2 Å². The van der Waals surface area contributed by atoms with E-state index in [0.717, 1.165) is 31.9 Å². The fourth-order valence-electron chi connectivity index (χ4n) is 1.55. The van der Waals surface area contributed by atoms with Crippen LogP contribution in [0.1, 0.15) is 26.2 Å². The number of hydrogen-bond acceptors (Lipinski definition) is 2. The van der Waals surface area contributed by atoms with Crippen molar-refractivity contribution in [1.29, 1.82) is 0 Å². The Morgan fingerprint density at radius 2 is 2.15 bits per heavy atom. The highest BCUT2D eigenvalue weighted by molar-refractivity contribution is 6.17. The molecular weight excluding hydrogens is 184 g/mol. The second-order valence-electron chi connectivity index (χ2n) is 3.36. The fraction of sp³-hybridized carbons (Fsp3) is 0.800. The van der Waals surface area contributed by atoms with Gasteiger partial charge in [-0.25, -0.2) is 5.01 Å². The maximum atomic E-state index is 5.63. The van der Waals surface area contributed by atoms with Gasteiger partial charge in [0.2, 0.25) is 0 Å². The zero-order chi connectivity index (χ0) is 9.52. The first kappa shape index (κ1) is 10.9. The summed E-state index contributed by atoms with van der Waals surface area (Å²) in [6, 6.07) is 0. The van der Waals surface area contributed by atoms with Crippen LogP contribution < -0.4 is 0 Å². The lowest BCUT2D eigenvalue weighted by atomic mass is 10.3. The summed E-state index contributed by atoms with van der Waals surface area (Å²) in [6.45, 7) is 5.57. The van der Waals surface area contributed by atoms with Gasteiger partial charge in [-0.3, -0.25) is 0 Å². The Bertz CT molecular complexity index is 159. The fourth-order valence-corrected chi connectivity index (χ4v) is 1.74. The van der Waals surface area contributed by atoms with E-state index < -0.39 is 0 Å². The topological polar surface area (TPSA) is 6.48 Å². The third kappa shape index (κ3) is 3.57. The first-order valence-electron chi connectivity index (χ1n) is 5.12. The zero-order valence-corrected chi connectivity index (χ0v) is 9.13. The van der Waals surface area contributed by atoms with E-state index in [1.54, 1.807) is 0 Å². The van der Waals surface area contributed by atoms with Crippen LogP contribution in [0.25, 0.3) is 0 Å². The Morgan fingerprint density at radius 1 is 1.31 bits per heavy atom.